The summed E-state index contributed by atoms with van der Waals surface area (Å²) in [4.78, 5) is 22.5. The summed E-state index contributed by atoms with van der Waals surface area (Å²) in [6.07, 6.45) is 3.67. The Kier molecular flexibility index (Phi) is 11.1. The van der Waals surface area contributed by atoms with E-state index in [4.69, 9.17) is 9.47 Å². The highest BCUT2D eigenvalue weighted by Gasteiger charge is 2.28. The van der Waals surface area contributed by atoms with E-state index in [1.165, 1.54) is 0 Å². The summed E-state index contributed by atoms with van der Waals surface area (Å²) in [6, 6.07) is 18.4. The van der Waals surface area contributed by atoms with E-state index < -0.39 is 0 Å². The number of ether oxygens (including phenoxy) is 2. The molecule has 1 aliphatic rings. The second kappa shape index (κ2) is 14.5. The smallest absolute Gasteiger partial charge is 0.262 e. The molecule has 0 fully saturated rings. The first-order chi connectivity index (χ1) is 18.4. The Bertz CT molecular complexity index is 1160. The SMILES string of the molecule is CC/C(C)=C\C1=C(/N=C(\C)OC)N(C)CCN(c2cccc(COC(CCNC)c3ccccc3)c2)C1=O. The van der Waals surface area contributed by atoms with Crippen molar-refractivity contribution in [3.8, 4) is 0 Å². The van der Waals surface area contributed by atoms with E-state index in [0.717, 1.165) is 41.8 Å². The highest BCUT2D eigenvalue weighted by atomic mass is 16.5. The van der Waals surface area contributed by atoms with Crippen LogP contribution >= 0.6 is 0 Å². The Morgan fingerprint density at radius 1 is 1.13 bits per heavy atom. The fourth-order valence-electron chi connectivity index (χ4n) is 4.27. The van der Waals surface area contributed by atoms with Crippen LogP contribution < -0.4 is 10.2 Å². The van der Waals surface area contributed by atoms with Crippen molar-refractivity contribution in [3.63, 3.8) is 0 Å². The van der Waals surface area contributed by atoms with E-state index in [2.05, 4.69) is 35.4 Å². The van der Waals surface area contributed by atoms with Gasteiger partial charge in [0.15, 0.2) is 5.90 Å². The van der Waals surface area contributed by atoms with E-state index >= 15 is 0 Å². The average Bonchev–Trinajstić information content (AvgIpc) is 3.05. The topological polar surface area (TPSA) is 66.4 Å². The minimum atomic E-state index is -0.0703. The lowest BCUT2D eigenvalue weighted by molar-refractivity contribution is -0.114. The van der Waals surface area contributed by atoms with Crippen molar-refractivity contribution in [2.75, 3.05) is 45.7 Å². The molecule has 1 amide bonds. The minimum Gasteiger partial charge on any atom is -0.484 e. The lowest BCUT2D eigenvalue weighted by Crippen LogP contribution is -2.34. The molecule has 1 atom stereocenters. The number of hydrogen-bond donors (Lipinski definition) is 1. The summed E-state index contributed by atoms with van der Waals surface area (Å²) < 4.78 is 11.7. The summed E-state index contributed by atoms with van der Waals surface area (Å²) in [5.41, 5.74) is 4.72. The van der Waals surface area contributed by atoms with Gasteiger partial charge < -0.3 is 24.6 Å². The number of allylic oxidation sites excluding steroid dienone is 1. The van der Waals surface area contributed by atoms with Crippen LogP contribution in [0, 0.1) is 0 Å². The van der Waals surface area contributed by atoms with E-state index in [9.17, 15) is 4.79 Å². The molecule has 7 nitrogen and oxygen atoms in total. The normalized spacial score (nSPS) is 16.1. The molecule has 204 valence electrons. The van der Waals surface area contributed by atoms with Crippen LogP contribution in [0.1, 0.15) is 50.8 Å². The van der Waals surface area contributed by atoms with E-state index in [0.29, 0.717) is 37.0 Å². The van der Waals surface area contributed by atoms with Gasteiger partial charge in [-0.15, -0.1) is 0 Å². The Morgan fingerprint density at radius 2 is 1.89 bits per heavy atom. The molecule has 38 heavy (non-hydrogen) atoms. The number of carbonyl (C=O) groups is 1. The minimum absolute atomic E-state index is 0.0121. The second-order valence-corrected chi connectivity index (χ2v) is 9.57. The molecule has 1 unspecified atom stereocenters. The molecule has 0 aromatic heterocycles. The number of nitrogens with one attached hydrogen (secondary N) is 1. The number of rotatable bonds is 11. The molecular weight excluding hydrogens is 476 g/mol. The first kappa shape index (κ1) is 29.1. The maximum absolute atomic E-state index is 14.0. The van der Waals surface area contributed by atoms with Crippen molar-refractivity contribution in [1.29, 1.82) is 0 Å². The largest absolute Gasteiger partial charge is 0.484 e. The Hall–Kier alpha value is -3.42. The molecule has 0 saturated heterocycles. The molecule has 1 N–H and O–H groups in total. The number of hydrogen-bond acceptors (Lipinski definition) is 6. The molecule has 0 bridgehead atoms. The predicted molar refractivity (Wildman–Crippen MR) is 155 cm³/mol. The van der Waals surface area contributed by atoms with Crippen molar-refractivity contribution >= 4 is 17.5 Å². The van der Waals surface area contributed by atoms with Crippen LogP contribution in [0.15, 0.2) is 82.6 Å². The first-order valence-corrected chi connectivity index (χ1v) is 13.3. The van der Waals surface area contributed by atoms with Crippen LogP contribution in [0.25, 0.3) is 0 Å². The third-order valence-corrected chi connectivity index (χ3v) is 6.75. The average molecular weight is 519 g/mol. The molecule has 0 radical (unpaired) electrons. The van der Waals surface area contributed by atoms with E-state index in [-0.39, 0.29) is 12.0 Å². The molecular formula is C31H42N4O3. The van der Waals surface area contributed by atoms with Crippen LogP contribution in [0.5, 0.6) is 0 Å². The van der Waals surface area contributed by atoms with Crippen molar-refractivity contribution in [2.24, 2.45) is 4.99 Å². The number of benzene rings is 2. The van der Waals surface area contributed by atoms with Gasteiger partial charge in [0.25, 0.3) is 5.91 Å². The van der Waals surface area contributed by atoms with Gasteiger partial charge in [-0.3, -0.25) is 4.79 Å². The van der Waals surface area contributed by atoms with Crippen LogP contribution in [-0.4, -0.2) is 57.5 Å². The molecule has 2 aromatic carbocycles. The lowest BCUT2D eigenvalue weighted by Gasteiger charge is -2.23. The third-order valence-electron chi connectivity index (χ3n) is 6.75. The van der Waals surface area contributed by atoms with Gasteiger partial charge >= 0.3 is 0 Å². The number of carbonyl (C=O) groups excluding carboxylic acids is 1. The van der Waals surface area contributed by atoms with E-state index in [1.54, 1.807) is 14.0 Å². The summed E-state index contributed by atoms with van der Waals surface area (Å²) >= 11 is 0. The maximum atomic E-state index is 14.0. The highest BCUT2D eigenvalue weighted by molar-refractivity contribution is 6.08. The fraction of sp³-hybridized carbons (Fsp3) is 0.419. The van der Waals surface area contributed by atoms with Gasteiger partial charge in [0.05, 0.1) is 25.4 Å². The van der Waals surface area contributed by atoms with Crippen molar-refractivity contribution in [1.82, 2.24) is 10.2 Å². The fourth-order valence-corrected chi connectivity index (χ4v) is 4.27. The van der Waals surface area contributed by atoms with Crippen LogP contribution in [0.4, 0.5) is 5.69 Å². The van der Waals surface area contributed by atoms with Crippen molar-refractivity contribution < 1.29 is 14.3 Å². The highest BCUT2D eigenvalue weighted by Crippen LogP contribution is 2.27. The number of methoxy groups -OCH3 is 1. The van der Waals surface area contributed by atoms with Gasteiger partial charge in [-0.25, -0.2) is 0 Å². The summed E-state index contributed by atoms with van der Waals surface area (Å²) in [5.74, 6) is 1.07. The molecule has 1 aliphatic heterocycles. The monoisotopic (exact) mass is 518 g/mol. The predicted octanol–water partition coefficient (Wildman–Crippen LogP) is 5.47. The quantitative estimate of drug-likeness (QED) is 0.316. The molecule has 0 spiro atoms. The zero-order chi connectivity index (χ0) is 27.5. The van der Waals surface area contributed by atoms with Gasteiger partial charge in [0, 0.05) is 32.7 Å². The zero-order valence-corrected chi connectivity index (χ0v) is 23.7. The third kappa shape index (κ3) is 7.79. The van der Waals surface area contributed by atoms with Gasteiger partial charge in [0.1, 0.15) is 5.82 Å². The van der Waals surface area contributed by atoms with Crippen molar-refractivity contribution in [2.45, 2.75) is 46.3 Å². The van der Waals surface area contributed by atoms with Gasteiger partial charge in [-0.1, -0.05) is 55.0 Å². The van der Waals surface area contributed by atoms with Gasteiger partial charge in [-0.05, 0) is 62.7 Å². The number of aliphatic imine (C=N–C) groups is 1. The standard InChI is InChI=1S/C31H42N4O3/c1-7-23(2)20-28-30(33-24(3)37-6)34(5)18-19-35(31(28)36)27-15-11-12-25(21-27)22-38-29(16-17-32-4)26-13-9-8-10-14-26/h8-15,20-21,29,32H,7,16-19,22H2,1-6H3/b23-20-,33-24+. The summed E-state index contributed by atoms with van der Waals surface area (Å²) in [7, 11) is 5.51. The summed E-state index contributed by atoms with van der Waals surface area (Å²) in [5, 5.41) is 3.22. The number of anilines is 1. The molecule has 0 saturated carbocycles. The van der Waals surface area contributed by atoms with E-state index in [1.807, 2.05) is 73.3 Å². The molecule has 1 heterocycles. The first-order valence-electron chi connectivity index (χ1n) is 13.3. The van der Waals surface area contributed by atoms with Gasteiger partial charge in [-0.2, -0.15) is 4.99 Å². The number of likely N-dealkylation sites (N-methyl/N-ethyl adjacent to an activating group) is 1. The lowest BCUT2D eigenvalue weighted by atomic mass is 10.1. The Labute approximate surface area is 227 Å². The molecule has 2 aromatic rings. The number of nitrogens with zero attached hydrogens (tertiary/aromatic N) is 3. The Balaban J connectivity index is 1.89. The maximum Gasteiger partial charge on any atom is 0.262 e. The van der Waals surface area contributed by atoms with Crippen LogP contribution in [0.3, 0.4) is 0 Å². The second-order valence-electron chi connectivity index (χ2n) is 9.57. The Morgan fingerprint density at radius 3 is 2.58 bits per heavy atom. The molecule has 0 aliphatic carbocycles. The van der Waals surface area contributed by atoms with Crippen molar-refractivity contribution in [3.05, 3.63) is 88.8 Å². The zero-order valence-electron chi connectivity index (χ0n) is 23.7. The van der Waals surface area contributed by atoms with Crippen LogP contribution in [0.2, 0.25) is 0 Å². The molecule has 7 heteroatoms. The van der Waals surface area contributed by atoms with Crippen LogP contribution in [-0.2, 0) is 20.9 Å². The number of amides is 1. The molecule has 3 rings (SSSR count). The van der Waals surface area contributed by atoms with Gasteiger partial charge in [0.2, 0.25) is 0 Å². The summed E-state index contributed by atoms with van der Waals surface area (Å²) in [6.45, 7) is 8.43.